The second-order valence-electron chi connectivity index (χ2n) is 7.63. The van der Waals surface area contributed by atoms with E-state index in [-0.39, 0.29) is 23.3 Å². The third-order valence-electron chi connectivity index (χ3n) is 5.70. The van der Waals surface area contributed by atoms with Crippen molar-refractivity contribution in [2.24, 2.45) is 13.0 Å². The Morgan fingerprint density at radius 3 is 2.55 bits per heavy atom. The molecule has 0 unspecified atom stereocenters. The molecule has 2 aromatic heterocycles. The minimum absolute atomic E-state index is 0.117. The van der Waals surface area contributed by atoms with Crippen LogP contribution in [-0.4, -0.2) is 51.3 Å². The van der Waals surface area contributed by atoms with E-state index in [1.165, 1.54) is 4.31 Å². The van der Waals surface area contributed by atoms with Gasteiger partial charge < -0.3 is 5.32 Å². The van der Waals surface area contributed by atoms with E-state index < -0.39 is 10.0 Å². The maximum atomic E-state index is 13.1. The summed E-state index contributed by atoms with van der Waals surface area (Å²) >= 11 is 0. The molecule has 3 rings (SSSR count). The second kappa shape index (κ2) is 8.27. The number of aryl methyl sites for hydroxylation is 4. The maximum Gasteiger partial charge on any atom is 0.246 e. The number of sulfonamides is 1. The molecule has 1 saturated heterocycles. The first-order valence-electron chi connectivity index (χ1n) is 9.96. The first-order chi connectivity index (χ1) is 13.6. The van der Waals surface area contributed by atoms with Gasteiger partial charge in [-0.2, -0.15) is 14.5 Å². The van der Waals surface area contributed by atoms with Gasteiger partial charge in [-0.25, -0.2) is 8.42 Å². The van der Waals surface area contributed by atoms with E-state index in [1.54, 1.807) is 22.5 Å². The molecule has 2 aromatic rings. The van der Waals surface area contributed by atoms with E-state index in [1.807, 2.05) is 27.8 Å². The molecule has 1 aliphatic rings. The highest BCUT2D eigenvalue weighted by molar-refractivity contribution is 7.89. The molecule has 0 saturated carbocycles. The van der Waals surface area contributed by atoms with E-state index >= 15 is 0 Å². The summed E-state index contributed by atoms with van der Waals surface area (Å²) in [7, 11) is -1.79. The molecule has 29 heavy (non-hydrogen) atoms. The van der Waals surface area contributed by atoms with Crippen molar-refractivity contribution in [3.8, 4) is 0 Å². The first kappa shape index (κ1) is 21.5. The quantitative estimate of drug-likeness (QED) is 0.755. The van der Waals surface area contributed by atoms with Gasteiger partial charge in [-0.1, -0.05) is 0 Å². The second-order valence-corrected chi connectivity index (χ2v) is 9.53. The fourth-order valence-electron chi connectivity index (χ4n) is 3.82. The molecule has 3 heterocycles. The summed E-state index contributed by atoms with van der Waals surface area (Å²) in [5.41, 5.74) is 3.39. The van der Waals surface area contributed by atoms with Gasteiger partial charge in [0.05, 0.1) is 17.3 Å². The van der Waals surface area contributed by atoms with Gasteiger partial charge >= 0.3 is 0 Å². The summed E-state index contributed by atoms with van der Waals surface area (Å²) in [5.74, 6) is -0.481. The van der Waals surface area contributed by atoms with Crippen molar-refractivity contribution < 1.29 is 13.2 Å². The Hall–Kier alpha value is -2.20. The Morgan fingerprint density at radius 1 is 1.24 bits per heavy atom. The average Bonchev–Trinajstić information content (AvgIpc) is 3.19. The highest BCUT2D eigenvalue weighted by Crippen LogP contribution is 2.25. The largest absolute Gasteiger partial charge is 0.352 e. The van der Waals surface area contributed by atoms with E-state index in [4.69, 9.17) is 0 Å². The molecule has 1 N–H and O–H groups in total. The van der Waals surface area contributed by atoms with E-state index in [0.717, 1.165) is 17.0 Å². The van der Waals surface area contributed by atoms with Crippen molar-refractivity contribution in [1.29, 1.82) is 0 Å². The normalized spacial score (nSPS) is 18.2. The van der Waals surface area contributed by atoms with Crippen LogP contribution in [0.1, 0.15) is 42.4 Å². The van der Waals surface area contributed by atoms with Crippen LogP contribution in [0.15, 0.2) is 11.1 Å². The molecule has 1 amide bonds. The number of hydrogen-bond acceptors (Lipinski definition) is 5. The Balaban J connectivity index is 1.69. The monoisotopic (exact) mass is 422 g/mol. The number of amides is 1. The molecular formula is C19H30N6O3S. The van der Waals surface area contributed by atoms with Crippen LogP contribution < -0.4 is 5.32 Å². The van der Waals surface area contributed by atoms with Crippen molar-refractivity contribution in [2.45, 2.75) is 58.5 Å². The summed E-state index contributed by atoms with van der Waals surface area (Å²) < 4.78 is 31.1. The molecule has 9 nitrogen and oxygen atoms in total. The molecule has 1 atom stereocenters. The number of nitrogens with one attached hydrogen (secondary N) is 1. The number of piperidine rings is 1. The highest BCUT2D eigenvalue weighted by atomic mass is 32.2. The summed E-state index contributed by atoms with van der Waals surface area (Å²) in [5, 5.41) is 11.6. The van der Waals surface area contributed by atoms with Crippen LogP contribution in [0.4, 0.5) is 0 Å². The molecule has 0 aliphatic carbocycles. The van der Waals surface area contributed by atoms with Gasteiger partial charge in [-0.3, -0.25) is 14.2 Å². The molecule has 0 spiro atoms. The van der Waals surface area contributed by atoms with Crippen LogP contribution in [0.25, 0.3) is 0 Å². The van der Waals surface area contributed by atoms with Crippen LogP contribution in [0, 0.1) is 26.7 Å². The summed E-state index contributed by atoms with van der Waals surface area (Å²) in [6.07, 6.45) is 2.90. The minimum atomic E-state index is -3.67. The lowest BCUT2D eigenvalue weighted by Gasteiger charge is -2.31. The molecule has 0 radical (unpaired) electrons. The van der Waals surface area contributed by atoms with Crippen LogP contribution >= 0.6 is 0 Å². The van der Waals surface area contributed by atoms with Gasteiger partial charge in [-0.15, -0.1) is 0 Å². The van der Waals surface area contributed by atoms with Gasteiger partial charge in [0.1, 0.15) is 4.90 Å². The number of aromatic nitrogens is 4. The van der Waals surface area contributed by atoms with Crippen LogP contribution in [0.3, 0.4) is 0 Å². The zero-order valence-electron chi connectivity index (χ0n) is 17.8. The zero-order chi connectivity index (χ0) is 21.3. The zero-order valence-corrected chi connectivity index (χ0v) is 18.6. The fourth-order valence-corrected chi connectivity index (χ4v) is 5.51. The topological polar surface area (TPSA) is 102 Å². The number of rotatable bonds is 6. The van der Waals surface area contributed by atoms with Crippen molar-refractivity contribution >= 4 is 15.9 Å². The molecule has 160 valence electrons. The van der Waals surface area contributed by atoms with Crippen molar-refractivity contribution in [2.75, 3.05) is 13.1 Å². The molecule has 10 heteroatoms. The first-order valence-corrected chi connectivity index (χ1v) is 11.4. The Morgan fingerprint density at radius 2 is 1.97 bits per heavy atom. The summed E-state index contributed by atoms with van der Waals surface area (Å²) in [4.78, 5) is 13.0. The van der Waals surface area contributed by atoms with Gasteiger partial charge in [0.25, 0.3) is 0 Å². The number of nitrogens with zero attached hydrogens (tertiary/aromatic N) is 5. The number of carbonyl (C=O) groups is 1. The molecular weight excluding hydrogens is 392 g/mol. The third-order valence-corrected chi connectivity index (χ3v) is 7.66. The third kappa shape index (κ3) is 4.23. The standard InChI is InChI=1S/C19H30N6O3S/c1-6-24-12-18(14(3)22-24)29(27,28)25-9-7-8-16(11-25)19(26)20-10-17-13(2)21-23(5)15(17)4/h12,16H,6-11H2,1-5H3,(H,20,26)/t16-/m1/s1. The summed E-state index contributed by atoms with van der Waals surface area (Å²) in [6.45, 7) is 9.11. The van der Waals surface area contributed by atoms with Gasteiger partial charge in [0.2, 0.25) is 15.9 Å². The fraction of sp³-hybridized carbons (Fsp3) is 0.632. The Labute approximate surface area is 172 Å². The number of hydrogen-bond donors (Lipinski definition) is 1. The van der Waals surface area contributed by atoms with Crippen LogP contribution in [0.2, 0.25) is 0 Å². The minimum Gasteiger partial charge on any atom is -0.352 e. The smallest absolute Gasteiger partial charge is 0.246 e. The molecule has 1 aliphatic heterocycles. The van der Waals surface area contributed by atoms with Crippen molar-refractivity contribution in [1.82, 2.24) is 29.2 Å². The summed E-state index contributed by atoms with van der Waals surface area (Å²) in [6, 6.07) is 0. The molecule has 0 bridgehead atoms. The molecule has 1 fully saturated rings. The highest BCUT2D eigenvalue weighted by Gasteiger charge is 2.35. The Bertz CT molecular complexity index is 1010. The predicted octanol–water partition coefficient (Wildman–Crippen LogP) is 1.28. The van der Waals surface area contributed by atoms with Crippen LogP contribution in [0.5, 0.6) is 0 Å². The van der Waals surface area contributed by atoms with Crippen LogP contribution in [-0.2, 0) is 35.0 Å². The predicted molar refractivity (Wildman–Crippen MR) is 109 cm³/mol. The lowest BCUT2D eigenvalue weighted by Crippen LogP contribution is -2.45. The Kier molecular flexibility index (Phi) is 6.13. The van der Waals surface area contributed by atoms with Crippen molar-refractivity contribution in [3.63, 3.8) is 0 Å². The van der Waals surface area contributed by atoms with E-state index in [0.29, 0.717) is 38.2 Å². The van der Waals surface area contributed by atoms with Gasteiger partial charge in [-0.05, 0) is 40.5 Å². The van der Waals surface area contributed by atoms with E-state index in [2.05, 4.69) is 15.5 Å². The number of carbonyl (C=O) groups excluding carboxylic acids is 1. The van der Waals surface area contributed by atoms with E-state index in [9.17, 15) is 13.2 Å². The van der Waals surface area contributed by atoms with Gasteiger partial charge in [0.15, 0.2) is 0 Å². The maximum absolute atomic E-state index is 13.1. The van der Waals surface area contributed by atoms with Gasteiger partial charge in [0, 0.05) is 50.7 Å². The lowest BCUT2D eigenvalue weighted by atomic mass is 9.98. The average molecular weight is 423 g/mol. The van der Waals surface area contributed by atoms with Crippen molar-refractivity contribution in [3.05, 3.63) is 28.8 Å². The lowest BCUT2D eigenvalue weighted by molar-refractivity contribution is -0.126. The SMILES string of the molecule is CCn1cc(S(=O)(=O)N2CCC[C@@H](C(=O)NCc3c(C)nn(C)c3C)C2)c(C)n1. The molecule has 0 aromatic carbocycles.